The van der Waals surface area contributed by atoms with Gasteiger partial charge in [-0.15, -0.1) is 0 Å². The number of nitrogens with one attached hydrogen (secondary N) is 3. The Morgan fingerprint density at radius 1 is 0.935 bits per heavy atom. The number of aryl methyl sites for hydroxylation is 1. The number of rotatable bonds is 10. The molecule has 0 heterocycles. The van der Waals surface area contributed by atoms with Gasteiger partial charge in [-0.25, -0.2) is 0 Å². The average molecular weight is 444 g/mol. The molecule has 0 bridgehead atoms. The lowest BCUT2D eigenvalue weighted by atomic mass is 10.2. The summed E-state index contributed by atoms with van der Waals surface area (Å²) in [4.78, 5) is 24.5. The maximum absolute atomic E-state index is 12.5. The second-order valence-electron chi connectivity index (χ2n) is 6.79. The Morgan fingerprint density at radius 2 is 1.68 bits per heavy atom. The summed E-state index contributed by atoms with van der Waals surface area (Å²) in [5.74, 6) is 0.227. The van der Waals surface area contributed by atoms with Gasteiger partial charge in [-0.05, 0) is 54.9 Å². The normalized spacial score (nSPS) is 10.1. The third-order valence-corrected chi connectivity index (χ3v) is 4.59. The molecule has 0 fully saturated rings. The second-order valence-corrected chi connectivity index (χ2v) is 7.20. The van der Waals surface area contributed by atoms with E-state index in [1.54, 1.807) is 24.3 Å². The molecule has 0 atom stereocenters. The smallest absolute Gasteiger partial charge is 0.276 e. The molecule has 0 saturated heterocycles. The Hall–Kier alpha value is -3.13. The van der Waals surface area contributed by atoms with E-state index in [1.165, 1.54) is 5.56 Å². The Balaban J connectivity index is 1.76. The van der Waals surface area contributed by atoms with Gasteiger partial charge in [-0.2, -0.15) is 0 Å². The van der Waals surface area contributed by atoms with Crippen LogP contribution < -0.4 is 25.6 Å². The van der Waals surface area contributed by atoms with Crippen molar-refractivity contribution in [3.8, 4) is 11.5 Å². The predicted octanol–water partition coefficient (Wildman–Crippen LogP) is 3.53. The fourth-order valence-electron chi connectivity index (χ4n) is 2.65. The predicted molar refractivity (Wildman–Crippen MR) is 124 cm³/mol. The van der Waals surface area contributed by atoms with Crippen LogP contribution in [0, 0.1) is 0 Å². The number of para-hydroxylation sites is 1. The first kappa shape index (κ1) is 24.1. The van der Waals surface area contributed by atoms with Gasteiger partial charge in [0.2, 0.25) is 0 Å². The number of hydrogen-bond donors (Lipinski definition) is 3. The molecule has 2 aromatic carbocycles. The number of thiocarbonyl (C=S) groups is 1. The van der Waals surface area contributed by atoms with Crippen LogP contribution in [0.1, 0.15) is 49.0 Å². The third-order valence-electron chi connectivity index (χ3n) is 4.38. The molecular weight excluding hydrogens is 414 g/mol. The Labute approximate surface area is 188 Å². The summed E-state index contributed by atoms with van der Waals surface area (Å²) in [6.07, 6.45) is 4.01. The number of hydrogen-bond acceptors (Lipinski definition) is 5. The van der Waals surface area contributed by atoms with Crippen LogP contribution in [-0.2, 0) is 11.2 Å². The van der Waals surface area contributed by atoms with E-state index in [0.717, 1.165) is 25.7 Å². The van der Waals surface area contributed by atoms with Crippen LogP contribution in [0.15, 0.2) is 48.5 Å². The topological polar surface area (TPSA) is 88.7 Å². The summed E-state index contributed by atoms with van der Waals surface area (Å²) in [6.45, 7) is 4.53. The maximum atomic E-state index is 12.5. The SMILES string of the molecule is CCCCCOc1ccccc1C(=O)NC(=S)NNC(=O)COc1ccc(CC)cc1. The zero-order valence-corrected chi connectivity index (χ0v) is 18.7. The van der Waals surface area contributed by atoms with E-state index in [4.69, 9.17) is 21.7 Å². The van der Waals surface area contributed by atoms with Crippen molar-refractivity contribution in [2.45, 2.75) is 39.5 Å². The minimum absolute atomic E-state index is 0.0357. The number of carbonyl (C=O) groups excluding carboxylic acids is 2. The van der Waals surface area contributed by atoms with Gasteiger partial charge in [0.15, 0.2) is 11.7 Å². The van der Waals surface area contributed by atoms with Crippen molar-refractivity contribution in [1.29, 1.82) is 0 Å². The number of carbonyl (C=O) groups is 2. The standard InChI is InChI=1S/C23H29N3O4S/c1-3-5-8-15-29-20-10-7-6-9-19(20)22(28)24-23(31)26-25-21(27)16-30-18-13-11-17(4-2)12-14-18/h6-7,9-14H,3-5,8,15-16H2,1-2H3,(H,25,27)(H2,24,26,28,31). The number of unbranched alkanes of at least 4 members (excludes halogenated alkanes) is 2. The molecule has 2 aromatic rings. The van der Waals surface area contributed by atoms with Gasteiger partial charge < -0.3 is 9.47 Å². The first-order valence-electron chi connectivity index (χ1n) is 10.4. The Bertz CT molecular complexity index is 871. The van der Waals surface area contributed by atoms with E-state index in [2.05, 4.69) is 30.0 Å². The van der Waals surface area contributed by atoms with Crippen molar-refractivity contribution >= 4 is 29.1 Å². The maximum Gasteiger partial charge on any atom is 0.276 e. The average Bonchev–Trinajstić information content (AvgIpc) is 2.79. The lowest BCUT2D eigenvalue weighted by Crippen LogP contribution is -2.49. The van der Waals surface area contributed by atoms with E-state index < -0.39 is 11.8 Å². The lowest BCUT2D eigenvalue weighted by Gasteiger charge is -2.13. The van der Waals surface area contributed by atoms with Gasteiger partial charge >= 0.3 is 0 Å². The summed E-state index contributed by atoms with van der Waals surface area (Å²) in [7, 11) is 0. The molecule has 0 aliphatic rings. The van der Waals surface area contributed by atoms with E-state index in [0.29, 0.717) is 23.7 Å². The molecule has 2 amide bonds. The summed E-state index contributed by atoms with van der Waals surface area (Å²) < 4.78 is 11.1. The molecule has 8 heteroatoms. The highest BCUT2D eigenvalue weighted by atomic mass is 32.1. The monoisotopic (exact) mass is 443 g/mol. The molecule has 0 aromatic heterocycles. The Kier molecular flexibility index (Phi) is 10.3. The van der Waals surface area contributed by atoms with Crippen LogP contribution in [0.25, 0.3) is 0 Å². The number of ether oxygens (including phenoxy) is 2. The zero-order valence-electron chi connectivity index (χ0n) is 17.9. The molecule has 31 heavy (non-hydrogen) atoms. The molecule has 0 saturated carbocycles. The van der Waals surface area contributed by atoms with E-state index in [9.17, 15) is 9.59 Å². The molecule has 0 spiro atoms. The molecule has 2 rings (SSSR count). The summed E-state index contributed by atoms with van der Waals surface area (Å²) >= 11 is 5.08. The van der Waals surface area contributed by atoms with Crippen molar-refractivity contribution in [2.24, 2.45) is 0 Å². The minimum atomic E-state index is -0.434. The minimum Gasteiger partial charge on any atom is -0.493 e. The third kappa shape index (κ3) is 8.64. The van der Waals surface area contributed by atoms with E-state index in [1.807, 2.05) is 24.3 Å². The number of benzene rings is 2. The van der Waals surface area contributed by atoms with Crippen molar-refractivity contribution < 1.29 is 19.1 Å². The van der Waals surface area contributed by atoms with Gasteiger partial charge in [-0.3, -0.25) is 25.8 Å². The fourth-order valence-corrected chi connectivity index (χ4v) is 2.79. The van der Waals surface area contributed by atoms with Crippen LogP contribution in [0.5, 0.6) is 11.5 Å². The van der Waals surface area contributed by atoms with Gasteiger partial charge in [0.1, 0.15) is 11.5 Å². The molecule has 3 N–H and O–H groups in total. The Morgan fingerprint density at radius 3 is 2.39 bits per heavy atom. The van der Waals surface area contributed by atoms with Crippen LogP contribution in [-0.4, -0.2) is 30.1 Å². The van der Waals surface area contributed by atoms with Crippen molar-refractivity contribution in [3.63, 3.8) is 0 Å². The molecule has 0 aliphatic carbocycles. The van der Waals surface area contributed by atoms with Crippen LogP contribution in [0.2, 0.25) is 0 Å². The largest absolute Gasteiger partial charge is 0.493 e. The quantitative estimate of drug-likeness (QED) is 0.296. The van der Waals surface area contributed by atoms with Crippen molar-refractivity contribution in [2.75, 3.05) is 13.2 Å². The van der Waals surface area contributed by atoms with Gasteiger partial charge in [0, 0.05) is 0 Å². The van der Waals surface area contributed by atoms with Gasteiger partial charge in [0.05, 0.1) is 12.2 Å². The highest BCUT2D eigenvalue weighted by Gasteiger charge is 2.14. The first-order valence-corrected chi connectivity index (χ1v) is 10.8. The molecular formula is C23H29N3O4S. The fraction of sp³-hybridized carbons (Fsp3) is 0.348. The van der Waals surface area contributed by atoms with Crippen LogP contribution in [0.3, 0.4) is 0 Å². The molecule has 0 radical (unpaired) electrons. The number of hydrazine groups is 1. The summed E-state index contributed by atoms with van der Waals surface area (Å²) in [5, 5.41) is 2.49. The van der Waals surface area contributed by atoms with E-state index >= 15 is 0 Å². The van der Waals surface area contributed by atoms with Crippen molar-refractivity contribution in [1.82, 2.24) is 16.2 Å². The summed E-state index contributed by atoms with van der Waals surface area (Å²) in [6, 6.07) is 14.5. The summed E-state index contributed by atoms with van der Waals surface area (Å²) in [5.41, 5.74) is 6.45. The lowest BCUT2D eigenvalue weighted by molar-refractivity contribution is -0.123. The molecule has 166 valence electrons. The highest BCUT2D eigenvalue weighted by Crippen LogP contribution is 2.18. The van der Waals surface area contributed by atoms with Crippen LogP contribution in [0.4, 0.5) is 0 Å². The van der Waals surface area contributed by atoms with Gasteiger partial charge in [-0.1, -0.05) is 51.0 Å². The second kappa shape index (κ2) is 13.2. The van der Waals surface area contributed by atoms with Crippen LogP contribution >= 0.6 is 12.2 Å². The van der Waals surface area contributed by atoms with E-state index in [-0.39, 0.29) is 11.7 Å². The number of amides is 2. The van der Waals surface area contributed by atoms with Gasteiger partial charge in [0.25, 0.3) is 11.8 Å². The first-order chi connectivity index (χ1) is 15.0. The molecule has 0 aliphatic heterocycles. The molecule has 0 unspecified atom stereocenters. The highest BCUT2D eigenvalue weighted by molar-refractivity contribution is 7.80. The molecule has 7 nitrogen and oxygen atoms in total. The van der Waals surface area contributed by atoms with Crippen molar-refractivity contribution in [3.05, 3.63) is 59.7 Å². The zero-order chi connectivity index (χ0) is 22.5.